The second kappa shape index (κ2) is 5.70. The number of nitro groups is 1. The molecule has 0 bridgehead atoms. The van der Waals surface area contributed by atoms with E-state index in [9.17, 15) is 10.1 Å². The van der Waals surface area contributed by atoms with Crippen molar-refractivity contribution >= 4 is 5.69 Å². The molecule has 1 aromatic rings. The minimum Gasteiger partial charge on any atom is -0.327 e. The first-order chi connectivity index (χ1) is 8.99. The molecule has 3 unspecified atom stereocenters. The van der Waals surface area contributed by atoms with Crippen LogP contribution in [0.2, 0.25) is 0 Å². The Morgan fingerprint density at radius 3 is 2.84 bits per heavy atom. The van der Waals surface area contributed by atoms with E-state index in [1.54, 1.807) is 12.1 Å². The van der Waals surface area contributed by atoms with E-state index in [0.29, 0.717) is 11.8 Å². The molecule has 0 aromatic heterocycles. The Morgan fingerprint density at radius 2 is 2.16 bits per heavy atom. The molecule has 0 radical (unpaired) electrons. The lowest BCUT2D eigenvalue weighted by molar-refractivity contribution is -0.385. The van der Waals surface area contributed by atoms with Crippen molar-refractivity contribution in [2.45, 2.75) is 45.6 Å². The molecule has 4 heteroatoms. The highest BCUT2D eigenvalue weighted by molar-refractivity contribution is 5.44. The van der Waals surface area contributed by atoms with Crippen LogP contribution in [0.5, 0.6) is 0 Å². The van der Waals surface area contributed by atoms with Crippen LogP contribution >= 0.6 is 0 Å². The molecule has 2 rings (SSSR count). The third-order valence-corrected chi connectivity index (χ3v) is 4.40. The fraction of sp³-hybridized carbons (Fsp3) is 0.600. The monoisotopic (exact) mass is 262 g/mol. The first-order valence-corrected chi connectivity index (χ1v) is 6.97. The van der Waals surface area contributed by atoms with E-state index in [0.717, 1.165) is 30.4 Å². The lowest BCUT2D eigenvalue weighted by Gasteiger charge is -2.32. The van der Waals surface area contributed by atoms with E-state index in [1.807, 2.05) is 13.0 Å². The van der Waals surface area contributed by atoms with Gasteiger partial charge in [-0.15, -0.1) is 0 Å². The van der Waals surface area contributed by atoms with Gasteiger partial charge in [0.05, 0.1) is 4.92 Å². The van der Waals surface area contributed by atoms with Gasteiger partial charge in [0.15, 0.2) is 0 Å². The zero-order valence-corrected chi connectivity index (χ0v) is 11.6. The van der Waals surface area contributed by atoms with Gasteiger partial charge in [-0.1, -0.05) is 19.1 Å². The van der Waals surface area contributed by atoms with Gasteiger partial charge in [-0.05, 0) is 50.0 Å². The minimum absolute atomic E-state index is 0.218. The van der Waals surface area contributed by atoms with E-state index >= 15 is 0 Å². The Kier molecular flexibility index (Phi) is 4.20. The third-order valence-electron chi connectivity index (χ3n) is 4.40. The third kappa shape index (κ3) is 3.13. The van der Waals surface area contributed by atoms with E-state index in [1.165, 1.54) is 6.42 Å². The van der Waals surface area contributed by atoms with Crippen molar-refractivity contribution < 1.29 is 4.92 Å². The highest BCUT2D eigenvalue weighted by Crippen LogP contribution is 2.32. The molecular formula is C15H22N2O2. The van der Waals surface area contributed by atoms with Crippen molar-refractivity contribution in [1.29, 1.82) is 0 Å². The van der Waals surface area contributed by atoms with E-state index in [2.05, 4.69) is 6.92 Å². The molecule has 19 heavy (non-hydrogen) atoms. The zero-order valence-electron chi connectivity index (χ0n) is 11.6. The van der Waals surface area contributed by atoms with Crippen LogP contribution in [0, 0.1) is 28.9 Å². The largest absolute Gasteiger partial charge is 0.327 e. The molecule has 2 N–H and O–H groups in total. The molecule has 0 amide bonds. The quantitative estimate of drug-likeness (QED) is 0.671. The highest BCUT2D eigenvalue weighted by atomic mass is 16.6. The average molecular weight is 262 g/mol. The van der Waals surface area contributed by atoms with Gasteiger partial charge in [0, 0.05) is 17.7 Å². The van der Waals surface area contributed by atoms with Gasteiger partial charge in [0.2, 0.25) is 0 Å². The van der Waals surface area contributed by atoms with Crippen molar-refractivity contribution in [3.8, 4) is 0 Å². The lowest BCUT2D eigenvalue weighted by Crippen LogP contribution is -2.36. The summed E-state index contributed by atoms with van der Waals surface area (Å²) in [5, 5.41) is 11.0. The standard InChI is InChI=1S/C15H22N2O2/c1-10-6-7-14(16)13(8-10)9-12-4-3-5-15(11(12)2)17(18)19/h3-5,10,13-14H,6-9,16H2,1-2H3. The van der Waals surface area contributed by atoms with Crippen molar-refractivity contribution in [1.82, 2.24) is 0 Å². The fourth-order valence-corrected chi connectivity index (χ4v) is 3.13. The van der Waals surface area contributed by atoms with Crippen molar-refractivity contribution in [3.05, 3.63) is 39.4 Å². The molecule has 0 heterocycles. The molecule has 4 nitrogen and oxygen atoms in total. The van der Waals surface area contributed by atoms with Gasteiger partial charge in [-0.3, -0.25) is 10.1 Å². The summed E-state index contributed by atoms with van der Waals surface area (Å²) in [7, 11) is 0. The SMILES string of the molecule is Cc1c(CC2CC(C)CCC2N)cccc1[N+](=O)[O-]. The molecular weight excluding hydrogens is 240 g/mol. The fourth-order valence-electron chi connectivity index (χ4n) is 3.13. The highest BCUT2D eigenvalue weighted by Gasteiger charge is 2.27. The van der Waals surface area contributed by atoms with Gasteiger partial charge in [-0.25, -0.2) is 0 Å². The van der Waals surface area contributed by atoms with Crippen LogP contribution in [-0.4, -0.2) is 11.0 Å². The molecule has 1 aliphatic carbocycles. The van der Waals surface area contributed by atoms with Crippen LogP contribution < -0.4 is 5.73 Å². The van der Waals surface area contributed by atoms with Crippen molar-refractivity contribution in [2.75, 3.05) is 0 Å². The van der Waals surface area contributed by atoms with Crippen molar-refractivity contribution in [3.63, 3.8) is 0 Å². The van der Waals surface area contributed by atoms with E-state index in [4.69, 9.17) is 5.73 Å². The first-order valence-electron chi connectivity index (χ1n) is 6.97. The number of nitrogens with two attached hydrogens (primary N) is 1. The van der Waals surface area contributed by atoms with Crippen LogP contribution in [0.3, 0.4) is 0 Å². The Hall–Kier alpha value is -1.42. The molecule has 0 aliphatic heterocycles. The summed E-state index contributed by atoms with van der Waals surface area (Å²) in [5.41, 5.74) is 8.28. The topological polar surface area (TPSA) is 69.2 Å². The van der Waals surface area contributed by atoms with Crippen molar-refractivity contribution in [2.24, 2.45) is 17.6 Å². The average Bonchev–Trinajstić information content (AvgIpc) is 2.36. The second-order valence-corrected chi connectivity index (χ2v) is 5.86. The maximum Gasteiger partial charge on any atom is 0.272 e. The van der Waals surface area contributed by atoms with Gasteiger partial charge < -0.3 is 5.73 Å². The predicted molar refractivity (Wildman–Crippen MR) is 76.0 cm³/mol. The number of nitrogens with zero attached hydrogens (tertiary/aromatic N) is 1. The number of rotatable bonds is 3. The Bertz CT molecular complexity index is 473. The molecule has 1 aliphatic rings. The summed E-state index contributed by atoms with van der Waals surface area (Å²) in [6.45, 7) is 4.10. The molecule has 104 valence electrons. The summed E-state index contributed by atoms with van der Waals surface area (Å²) in [6.07, 6.45) is 4.26. The number of benzene rings is 1. The second-order valence-electron chi connectivity index (χ2n) is 5.86. The lowest BCUT2D eigenvalue weighted by atomic mass is 9.76. The Labute approximate surface area is 114 Å². The normalized spacial score (nSPS) is 27.2. The summed E-state index contributed by atoms with van der Waals surface area (Å²) < 4.78 is 0. The summed E-state index contributed by atoms with van der Waals surface area (Å²) in [4.78, 5) is 10.7. The maximum absolute atomic E-state index is 11.0. The first kappa shape index (κ1) is 14.0. The molecule has 0 spiro atoms. The summed E-state index contributed by atoms with van der Waals surface area (Å²) >= 11 is 0. The Balaban J connectivity index is 2.19. The Morgan fingerprint density at radius 1 is 1.42 bits per heavy atom. The van der Waals surface area contributed by atoms with Gasteiger partial charge in [0.25, 0.3) is 5.69 Å². The van der Waals surface area contributed by atoms with Crippen LogP contribution in [0.1, 0.15) is 37.3 Å². The molecule has 0 saturated heterocycles. The van der Waals surface area contributed by atoms with Crippen LogP contribution in [0.4, 0.5) is 5.69 Å². The molecule has 1 saturated carbocycles. The van der Waals surface area contributed by atoms with Crippen LogP contribution in [0.15, 0.2) is 18.2 Å². The van der Waals surface area contributed by atoms with E-state index < -0.39 is 0 Å². The molecule has 3 atom stereocenters. The maximum atomic E-state index is 11.0. The van der Waals surface area contributed by atoms with Crippen LogP contribution in [0.25, 0.3) is 0 Å². The smallest absolute Gasteiger partial charge is 0.272 e. The number of hydrogen-bond donors (Lipinski definition) is 1. The zero-order chi connectivity index (χ0) is 14.0. The molecule has 1 aromatic carbocycles. The molecule has 1 fully saturated rings. The number of nitro benzene ring substituents is 1. The van der Waals surface area contributed by atoms with E-state index in [-0.39, 0.29) is 16.7 Å². The summed E-state index contributed by atoms with van der Waals surface area (Å²) in [5.74, 6) is 1.16. The van der Waals surface area contributed by atoms with Gasteiger partial charge >= 0.3 is 0 Å². The van der Waals surface area contributed by atoms with Crippen LogP contribution in [-0.2, 0) is 6.42 Å². The minimum atomic E-state index is -0.303. The van der Waals surface area contributed by atoms with Gasteiger partial charge in [-0.2, -0.15) is 0 Å². The number of hydrogen-bond acceptors (Lipinski definition) is 3. The summed E-state index contributed by atoms with van der Waals surface area (Å²) in [6, 6.07) is 5.57. The van der Waals surface area contributed by atoms with Gasteiger partial charge in [0.1, 0.15) is 0 Å². The predicted octanol–water partition coefficient (Wildman–Crippen LogP) is 3.21.